The maximum absolute atomic E-state index is 12.7. The van der Waals surface area contributed by atoms with Crippen LogP contribution in [-0.2, 0) is 4.79 Å². The Hall–Kier alpha value is -1.62. The largest absolute Gasteiger partial charge is 0.377 e. The number of carbonyl (C=O) groups is 1. The van der Waals surface area contributed by atoms with Gasteiger partial charge in [0.25, 0.3) is 5.91 Å². The molecule has 5 heteroatoms. The number of rotatable bonds is 4. The Balaban J connectivity index is 2.41. The molecule has 1 aromatic rings. The van der Waals surface area contributed by atoms with E-state index in [-0.39, 0.29) is 5.91 Å². The zero-order valence-electron chi connectivity index (χ0n) is 13.8. The number of amides is 1. The number of hydrazone groups is 1. The molecule has 0 saturated carbocycles. The van der Waals surface area contributed by atoms with Crippen molar-refractivity contribution >= 4 is 33.2 Å². The summed E-state index contributed by atoms with van der Waals surface area (Å²) in [6, 6.07) is 3.89. The van der Waals surface area contributed by atoms with Crippen LogP contribution in [0.25, 0.3) is 0 Å². The lowest BCUT2D eigenvalue weighted by Gasteiger charge is -2.18. The normalized spacial score (nSPS) is 16.5. The Kier molecular flexibility index (Phi) is 5.06. The molecule has 2 rings (SSSR count). The summed E-state index contributed by atoms with van der Waals surface area (Å²) in [6.07, 6.45) is 1.92. The standard InChI is InChI=1S/C17H22BrN3O/c1-6-20(7-2)10-14-13(5)19-21(17(14)22)16-9-8-15(18)11(3)12(16)4/h8-10H,6-7H2,1-5H3/b14-10-. The summed E-state index contributed by atoms with van der Waals surface area (Å²) in [5.41, 5.74) is 4.45. The van der Waals surface area contributed by atoms with Crippen LogP contribution in [0, 0.1) is 13.8 Å². The minimum atomic E-state index is -0.0609. The van der Waals surface area contributed by atoms with Crippen LogP contribution in [0.5, 0.6) is 0 Å². The quantitative estimate of drug-likeness (QED) is 0.757. The molecule has 0 aliphatic carbocycles. The van der Waals surface area contributed by atoms with Crippen molar-refractivity contribution in [3.63, 3.8) is 0 Å². The fourth-order valence-electron chi connectivity index (χ4n) is 2.42. The van der Waals surface area contributed by atoms with Gasteiger partial charge in [-0.1, -0.05) is 15.9 Å². The highest BCUT2D eigenvalue weighted by molar-refractivity contribution is 9.10. The lowest BCUT2D eigenvalue weighted by Crippen LogP contribution is -2.25. The molecule has 0 spiro atoms. The van der Waals surface area contributed by atoms with Gasteiger partial charge in [0, 0.05) is 23.8 Å². The minimum absolute atomic E-state index is 0.0609. The fourth-order valence-corrected chi connectivity index (χ4v) is 2.85. The van der Waals surface area contributed by atoms with E-state index in [4.69, 9.17) is 0 Å². The van der Waals surface area contributed by atoms with Crippen molar-refractivity contribution in [1.82, 2.24) is 4.90 Å². The van der Waals surface area contributed by atoms with E-state index in [0.29, 0.717) is 5.57 Å². The molecular formula is C17H22BrN3O. The van der Waals surface area contributed by atoms with E-state index in [1.54, 1.807) is 0 Å². The summed E-state index contributed by atoms with van der Waals surface area (Å²) in [5.74, 6) is -0.0609. The first-order chi connectivity index (χ1) is 10.4. The van der Waals surface area contributed by atoms with Crippen LogP contribution in [0.3, 0.4) is 0 Å². The third-order valence-corrected chi connectivity index (χ3v) is 4.97. The number of carbonyl (C=O) groups excluding carboxylic acids is 1. The third-order valence-electron chi connectivity index (χ3n) is 4.11. The van der Waals surface area contributed by atoms with Crippen LogP contribution in [0.4, 0.5) is 5.69 Å². The molecule has 1 aromatic carbocycles. The van der Waals surface area contributed by atoms with Gasteiger partial charge in [0.1, 0.15) is 0 Å². The summed E-state index contributed by atoms with van der Waals surface area (Å²) >= 11 is 3.52. The van der Waals surface area contributed by atoms with Crippen LogP contribution >= 0.6 is 15.9 Å². The fraction of sp³-hybridized carbons (Fsp3) is 0.412. The molecule has 0 bridgehead atoms. The molecule has 1 amide bonds. The van der Waals surface area contributed by atoms with Crippen LogP contribution in [0.2, 0.25) is 0 Å². The average Bonchev–Trinajstić information content (AvgIpc) is 2.77. The van der Waals surface area contributed by atoms with Crippen molar-refractivity contribution in [2.45, 2.75) is 34.6 Å². The van der Waals surface area contributed by atoms with Crippen molar-refractivity contribution in [2.24, 2.45) is 5.10 Å². The second kappa shape index (κ2) is 6.65. The molecule has 0 N–H and O–H groups in total. The highest BCUT2D eigenvalue weighted by Gasteiger charge is 2.30. The number of hydrogen-bond acceptors (Lipinski definition) is 3. The maximum atomic E-state index is 12.7. The number of hydrogen-bond donors (Lipinski definition) is 0. The van der Waals surface area contributed by atoms with Crippen LogP contribution < -0.4 is 5.01 Å². The molecule has 22 heavy (non-hydrogen) atoms. The summed E-state index contributed by atoms with van der Waals surface area (Å²) in [7, 11) is 0. The van der Waals surface area contributed by atoms with Gasteiger partial charge in [-0.05, 0) is 57.9 Å². The molecule has 0 radical (unpaired) electrons. The second-order valence-electron chi connectivity index (χ2n) is 5.38. The lowest BCUT2D eigenvalue weighted by atomic mass is 10.1. The first-order valence-corrected chi connectivity index (χ1v) is 8.31. The maximum Gasteiger partial charge on any atom is 0.282 e. The summed E-state index contributed by atoms with van der Waals surface area (Å²) in [6.45, 7) is 11.8. The molecule has 4 nitrogen and oxygen atoms in total. The average molecular weight is 364 g/mol. The second-order valence-corrected chi connectivity index (χ2v) is 6.24. The van der Waals surface area contributed by atoms with E-state index >= 15 is 0 Å². The molecular weight excluding hydrogens is 342 g/mol. The summed E-state index contributed by atoms with van der Waals surface area (Å²) < 4.78 is 1.04. The molecule has 0 atom stereocenters. The van der Waals surface area contributed by atoms with E-state index in [0.717, 1.165) is 40.1 Å². The van der Waals surface area contributed by atoms with Gasteiger partial charge < -0.3 is 4.90 Å². The molecule has 0 unspecified atom stereocenters. The van der Waals surface area contributed by atoms with E-state index in [1.165, 1.54) is 5.01 Å². The highest BCUT2D eigenvalue weighted by Crippen LogP contribution is 2.32. The Morgan fingerprint density at radius 3 is 2.41 bits per heavy atom. The van der Waals surface area contributed by atoms with Gasteiger partial charge in [0.15, 0.2) is 0 Å². The Morgan fingerprint density at radius 2 is 1.82 bits per heavy atom. The van der Waals surface area contributed by atoms with Crippen molar-refractivity contribution < 1.29 is 4.79 Å². The van der Waals surface area contributed by atoms with Crippen LogP contribution in [-0.4, -0.2) is 29.6 Å². The smallest absolute Gasteiger partial charge is 0.282 e. The van der Waals surface area contributed by atoms with Gasteiger partial charge in [0.2, 0.25) is 0 Å². The van der Waals surface area contributed by atoms with Crippen molar-refractivity contribution in [3.05, 3.63) is 39.5 Å². The Bertz CT molecular complexity index is 660. The summed E-state index contributed by atoms with van der Waals surface area (Å²) in [4.78, 5) is 14.8. The first kappa shape index (κ1) is 16.7. The predicted molar refractivity (Wildman–Crippen MR) is 95.2 cm³/mol. The van der Waals surface area contributed by atoms with Gasteiger partial charge in [0.05, 0.1) is 17.0 Å². The molecule has 0 saturated heterocycles. The van der Waals surface area contributed by atoms with Gasteiger partial charge in [-0.3, -0.25) is 4.79 Å². The van der Waals surface area contributed by atoms with Crippen molar-refractivity contribution in [2.75, 3.05) is 18.1 Å². The topological polar surface area (TPSA) is 35.9 Å². The third kappa shape index (κ3) is 2.95. The van der Waals surface area contributed by atoms with E-state index in [2.05, 4.69) is 39.8 Å². The van der Waals surface area contributed by atoms with Crippen LogP contribution in [0.1, 0.15) is 31.9 Å². The zero-order valence-corrected chi connectivity index (χ0v) is 15.4. The SMILES string of the molecule is CCN(/C=C1\C(=O)N(c2ccc(Br)c(C)c2C)N=C1C)CC. The van der Waals surface area contributed by atoms with Crippen molar-refractivity contribution in [3.8, 4) is 0 Å². The number of anilines is 1. The number of nitrogens with zero attached hydrogens (tertiary/aromatic N) is 3. The molecule has 1 aliphatic rings. The van der Waals surface area contributed by atoms with E-state index in [1.807, 2.05) is 39.1 Å². The highest BCUT2D eigenvalue weighted by atomic mass is 79.9. The lowest BCUT2D eigenvalue weighted by molar-refractivity contribution is -0.114. The molecule has 0 fully saturated rings. The molecule has 1 aliphatic heterocycles. The van der Waals surface area contributed by atoms with E-state index in [9.17, 15) is 4.79 Å². The van der Waals surface area contributed by atoms with Gasteiger partial charge >= 0.3 is 0 Å². The minimum Gasteiger partial charge on any atom is -0.377 e. The van der Waals surface area contributed by atoms with Gasteiger partial charge in [-0.15, -0.1) is 0 Å². The zero-order chi connectivity index (χ0) is 16.4. The number of halogens is 1. The van der Waals surface area contributed by atoms with E-state index < -0.39 is 0 Å². The monoisotopic (exact) mass is 363 g/mol. The van der Waals surface area contributed by atoms with Crippen LogP contribution in [0.15, 0.2) is 33.5 Å². The first-order valence-electron chi connectivity index (χ1n) is 7.52. The Labute approximate surface area is 140 Å². The number of benzene rings is 1. The van der Waals surface area contributed by atoms with Gasteiger partial charge in [-0.25, -0.2) is 0 Å². The summed E-state index contributed by atoms with van der Waals surface area (Å²) in [5, 5.41) is 5.98. The molecule has 0 aromatic heterocycles. The molecule has 118 valence electrons. The predicted octanol–water partition coefficient (Wildman–Crippen LogP) is 4.01. The Morgan fingerprint density at radius 1 is 1.18 bits per heavy atom. The van der Waals surface area contributed by atoms with Crippen molar-refractivity contribution in [1.29, 1.82) is 0 Å². The molecule has 1 heterocycles. The van der Waals surface area contributed by atoms with Gasteiger partial charge in [-0.2, -0.15) is 10.1 Å².